The van der Waals surface area contributed by atoms with Gasteiger partial charge in [-0.15, -0.1) is 0 Å². The maximum atomic E-state index is 11.8. The van der Waals surface area contributed by atoms with Gasteiger partial charge in [0.2, 0.25) is 0 Å². The first-order chi connectivity index (χ1) is 13.0. The van der Waals surface area contributed by atoms with Crippen LogP contribution in [-0.4, -0.2) is 5.97 Å². The molecular weight excluding hydrogens is 336 g/mol. The molecule has 0 heterocycles. The first kappa shape index (κ1) is 20.8. The van der Waals surface area contributed by atoms with E-state index < -0.39 is 0 Å². The number of carbonyl (C=O) groups excluding carboxylic acids is 1. The van der Waals surface area contributed by atoms with Gasteiger partial charge in [0.1, 0.15) is 11.5 Å². The summed E-state index contributed by atoms with van der Waals surface area (Å²) in [6.07, 6.45) is 6.51. The second-order valence-electron chi connectivity index (χ2n) is 7.01. The SMILES string of the molecule is C=C(CCCCCCCC(=O)Oc1ccc(C)cc1)Oc1ccc(C)cc1. The molecule has 3 nitrogen and oxygen atoms in total. The Labute approximate surface area is 163 Å². The number of aryl methyl sites for hydroxylation is 2. The molecule has 0 radical (unpaired) electrons. The fourth-order valence-corrected chi connectivity index (χ4v) is 2.73. The zero-order valence-corrected chi connectivity index (χ0v) is 16.5. The molecule has 144 valence electrons. The average Bonchev–Trinajstić information content (AvgIpc) is 2.65. The van der Waals surface area contributed by atoms with Crippen molar-refractivity contribution in [3.8, 4) is 11.5 Å². The summed E-state index contributed by atoms with van der Waals surface area (Å²) in [4.78, 5) is 11.8. The number of unbranched alkanes of at least 4 members (excludes halogenated alkanes) is 4. The van der Waals surface area contributed by atoms with Crippen molar-refractivity contribution in [2.75, 3.05) is 0 Å². The molecule has 2 aromatic rings. The van der Waals surface area contributed by atoms with Crippen molar-refractivity contribution in [1.29, 1.82) is 0 Å². The van der Waals surface area contributed by atoms with Crippen molar-refractivity contribution in [3.63, 3.8) is 0 Å². The van der Waals surface area contributed by atoms with E-state index >= 15 is 0 Å². The lowest BCUT2D eigenvalue weighted by atomic mass is 10.1. The van der Waals surface area contributed by atoms with Gasteiger partial charge in [-0.05, 0) is 51.0 Å². The summed E-state index contributed by atoms with van der Waals surface area (Å²) in [7, 11) is 0. The predicted octanol–water partition coefficient (Wildman–Crippen LogP) is 6.53. The van der Waals surface area contributed by atoms with E-state index in [9.17, 15) is 4.79 Å². The van der Waals surface area contributed by atoms with Crippen LogP contribution in [-0.2, 0) is 4.79 Å². The van der Waals surface area contributed by atoms with E-state index in [1.807, 2.05) is 55.5 Å². The van der Waals surface area contributed by atoms with Gasteiger partial charge in [-0.2, -0.15) is 0 Å². The highest BCUT2D eigenvalue weighted by Crippen LogP contribution is 2.18. The number of allylic oxidation sites excluding steroid dienone is 1. The normalized spacial score (nSPS) is 10.4. The fourth-order valence-electron chi connectivity index (χ4n) is 2.73. The summed E-state index contributed by atoms with van der Waals surface area (Å²) in [5.74, 6) is 2.12. The van der Waals surface area contributed by atoms with E-state index in [1.165, 1.54) is 5.56 Å². The second kappa shape index (κ2) is 11.2. The third-order valence-electron chi connectivity index (χ3n) is 4.37. The molecule has 0 aliphatic rings. The molecule has 0 aliphatic heterocycles. The van der Waals surface area contributed by atoms with Crippen molar-refractivity contribution in [1.82, 2.24) is 0 Å². The van der Waals surface area contributed by atoms with Gasteiger partial charge in [0.05, 0.1) is 5.76 Å². The first-order valence-electron chi connectivity index (χ1n) is 9.72. The zero-order valence-electron chi connectivity index (χ0n) is 16.5. The van der Waals surface area contributed by atoms with Crippen LogP contribution in [0.2, 0.25) is 0 Å². The molecule has 27 heavy (non-hydrogen) atoms. The largest absolute Gasteiger partial charge is 0.462 e. The first-order valence-corrected chi connectivity index (χ1v) is 9.72. The Kier molecular flexibility index (Phi) is 8.63. The monoisotopic (exact) mass is 366 g/mol. The molecule has 0 N–H and O–H groups in total. The van der Waals surface area contributed by atoms with Crippen molar-refractivity contribution < 1.29 is 14.3 Å². The Morgan fingerprint density at radius 2 is 1.15 bits per heavy atom. The van der Waals surface area contributed by atoms with Crippen molar-refractivity contribution in [2.24, 2.45) is 0 Å². The Hall–Kier alpha value is -2.55. The molecule has 3 heteroatoms. The van der Waals surface area contributed by atoms with Crippen molar-refractivity contribution in [3.05, 3.63) is 72.0 Å². The number of carbonyl (C=O) groups is 1. The van der Waals surface area contributed by atoms with Gasteiger partial charge in [-0.25, -0.2) is 0 Å². The maximum absolute atomic E-state index is 11.8. The van der Waals surface area contributed by atoms with Crippen LogP contribution in [0.25, 0.3) is 0 Å². The third kappa shape index (κ3) is 8.59. The molecule has 0 atom stereocenters. The lowest BCUT2D eigenvalue weighted by molar-refractivity contribution is -0.134. The van der Waals surface area contributed by atoms with Gasteiger partial charge in [0.25, 0.3) is 0 Å². The summed E-state index contributed by atoms with van der Waals surface area (Å²) in [5.41, 5.74) is 2.37. The Morgan fingerprint density at radius 1 is 0.704 bits per heavy atom. The number of esters is 1. The number of hydrogen-bond donors (Lipinski definition) is 0. The summed E-state index contributed by atoms with van der Waals surface area (Å²) >= 11 is 0. The Morgan fingerprint density at radius 3 is 1.70 bits per heavy atom. The molecule has 0 aliphatic carbocycles. The average molecular weight is 367 g/mol. The summed E-state index contributed by atoms with van der Waals surface area (Å²) in [6.45, 7) is 8.06. The molecular formula is C24H30O3. The van der Waals surface area contributed by atoms with E-state index in [-0.39, 0.29) is 5.97 Å². The number of ether oxygens (including phenoxy) is 2. The van der Waals surface area contributed by atoms with Crippen molar-refractivity contribution in [2.45, 2.75) is 58.8 Å². The smallest absolute Gasteiger partial charge is 0.311 e. The molecule has 0 unspecified atom stereocenters. The van der Waals surface area contributed by atoms with Crippen LogP contribution in [0.15, 0.2) is 60.9 Å². The second-order valence-corrected chi connectivity index (χ2v) is 7.01. The lowest BCUT2D eigenvalue weighted by Crippen LogP contribution is -2.07. The summed E-state index contributed by atoms with van der Waals surface area (Å²) in [5, 5.41) is 0. The van der Waals surface area contributed by atoms with E-state index in [0.29, 0.717) is 12.2 Å². The van der Waals surface area contributed by atoms with Gasteiger partial charge in [-0.1, -0.05) is 61.2 Å². The molecule has 2 aromatic carbocycles. The van der Waals surface area contributed by atoms with Crippen LogP contribution in [0.1, 0.15) is 56.1 Å². The topological polar surface area (TPSA) is 35.5 Å². The van der Waals surface area contributed by atoms with Gasteiger partial charge in [0, 0.05) is 12.8 Å². The molecule has 0 fully saturated rings. The van der Waals surface area contributed by atoms with Crippen LogP contribution >= 0.6 is 0 Å². The van der Waals surface area contributed by atoms with Crippen LogP contribution < -0.4 is 9.47 Å². The number of benzene rings is 2. The van der Waals surface area contributed by atoms with Gasteiger partial charge < -0.3 is 9.47 Å². The Bertz CT molecular complexity index is 651. The number of hydrogen-bond acceptors (Lipinski definition) is 3. The zero-order chi connectivity index (χ0) is 19.5. The minimum absolute atomic E-state index is 0.154. The number of rotatable bonds is 11. The van der Waals surface area contributed by atoms with Gasteiger partial charge in [0.15, 0.2) is 0 Å². The lowest BCUT2D eigenvalue weighted by Gasteiger charge is -2.09. The van der Waals surface area contributed by atoms with E-state index in [2.05, 4.69) is 13.5 Å². The molecule has 0 bridgehead atoms. The van der Waals surface area contributed by atoms with E-state index in [1.54, 1.807) is 0 Å². The standard InChI is InChI=1S/C24H30O3/c1-19-11-15-22(16-12-19)26-21(3)9-7-5-4-6-8-10-24(25)27-23-17-13-20(2)14-18-23/h11-18H,3-10H2,1-2H3. The van der Waals surface area contributed by atoms with Crippen LogP contribution in [0.3, 0.4) is 0 Å². The van der Waals surface area contributed by atoms with Crippen molar-refractivity contribution >= 4 is 5.97 Å². The molecule has 0 aromatic heterocycles. The fraction of sp³-hybridized carbons (Fsp3) is 0.375. The minimum Gasteiger partial charge on any atom is -0.462 e. The van der Waals surface area contributed by atoms with E-state index in [4.69, 9.17) is 9.47 Å². The Balaban J connectivity index is 1.49. The highest BCUT2D eigenvalue weighted by atomic mass is 16.5. The van der Waals surface area contributed by atoms with Crippen LogP contribution in [0.4, 0.5) is 0 Å². The minimum atomic E-state index is -0.154. The molecule has 0 saturated carbocycles. The summed E-state index contributed by atoms with van der Waals surface area (Å²) < 4.78 is 11.1. The molecule has 2 rings (SSSR count). The molecule has 0 amide bonds. The molecule has 0 spiro atoms. The van der Waals surface area contributed by atoms with Gasteiger partial charge >= 0.3 is 5.97 Å². The van der Waals surface area contributed by atoms with Crippen LogP contribution in [0.5, 0.6) is 11.5 Å². The van der Waals surface area contributed by atoms with E-state index in [0.717, 1.165) is 55.6 Å². The quantitative estimate of drug-likeness (QED) is 0.196. The maximum Gasteiger partial charge on any atom is 0.311 e. The highest BCUT2D eigenvalue weighted by Gasteiger charge is 2.05. The van der Waals surface area contributed by atoms with Crippen LogP contribution in [0, 0.1) is 13.8 Å². The molecule has 0 saturated heterocycles. The highest BCUT2D eigenvalue weighted by molar-refractivity contribution is 5.72. The third-order valence-corrected chi connectivity index (χ3v) is 4.37. The van der Waals surface area contributed by atoms with Gasteiger partial charge in [-0.3, -0.25) is 4.79 Å². The summed E-state index contributed by atoms with van der Waals surface area (Å²) in [6, 6.07) is 15.6. The predicted molar refractivity (Wildman–Crippen MR) is 110 cm³/mol.